The van der Waals surface area contributed by atoms with Crippen LogP contribution in [0.25, 0.3) is 16.7 Å². The summed E-state index contributed by atoms with van der Waals surface area (Å²) in [7, 11) is 0. The Balaban J connectivity index is 1.79. The molecule has 0 amide bonds. The summed E-state index contributed by atoms with van der Waals surface area (Å²) in [4.78, 5) is 8.24. The lowest BCUT2D eigenvalue weighted by atomic mass is 10.3. The van der Waals surface area contributed by atoms with Gasteiger partial charge in [-0.2, -0.15) is 5.10 Å². The molecule has 25 heavy (non-hydrogen) atoms. The fraction of sp³-hybridized carbons (Fsp3) is 0. The van der Waals surface area contributed by atoms with Gasteiger partial charge in [0.1, 0.15) is 23.6 Å². The number of para-hydroxylation sites is 1. The molecule has 0 aliphatic carbocycles. The molecule has 124 valence electrons. The normalized spacial score (nSPS) is 11.0. The number of halogens is 3. The van der Waals surface area contributed by atoms with Crippen molar-refractivity contribution in [1.29, 1.82) is 0 Å². The van der Waals surface area contributed by atoms with Gasteiger partial charge >= 0.3 is 0 Å². The molecule has 0 bridgehead atoms. The van der Waals surface area contributed by atoms with Crippen LogP contribution in [-0.2, 0) is 0 Å². The van der Waals surface area contributed by atoms with E-state index in [0.29, 0.717) is 22.5 Å². The number of benzene rings is 2. The average Bonchev–Trinajstić information content (AvgIpc) is 3.04. The van der Waals surface area contributed by atoms with Gasteiger partial charge in [0.2, 0.25) is 0 Å². The van der Waals surface area contributed by atoms with E-state index in [2.05, 4.69) is 20.4 Å². The van der Waals surface area contributed by atoms with Crippen LogP contribution in [0.3, 0.4) is 0 Å². The van der Waals surface area contributed by atoms with Crippen LogP contribution < -0.4 is 5.32 Å². The Morgan fingerprint density at radius 2 is 1.72 bits per heavy atom. The van der Waals surface area contributed by atoms with E-state index >= 15 is 0 Å². The zero-order valence-electron chi connectivity index (χ0n) is 12.6. The van der Waals surface area contributed by atoms with Crippen molar-refractivity contribution in [2.24, 2.45) is 0 Å². The number of nitrogens with zero attached hydrogens (tertiary/aromatic N) is 4. The predicted molar refractivity (Wildman–Crippen MR) is 86.3 cm³/mol. The van der Waals surface area contributed by atoms with Gasteiger partial charge in [-0.25, -0.2) is 27.8 Å². The fourth-order valence-electron chi connectivity index (χ4n) is 2.45. The van der Waals surface area contributed by atoms with Gasteiger partial charge in [-0.05, 0) is 24.3 Å². The van der Waals surface area contributed by atoms with Crippen LogP contribution in [0.1, 0.15) is 0 Å². The molecule has 0 aliphatic heterocycles. The Hall–Kier alpha value is -3.42. The first kappa shape index (κ1) is 15.1. The van der Waals surface area contributed by atoms with Gasteiger partial charge in [-0.15, -0.1) is 0 Å². The highest BCUT2D eigenvalue weighted by Crippen LogP contribution is 2.25. The fourth-order valence-corrected chi connectivity index (χ4v) is 2.45. The van der Waals surface area contributed by atoms with Crippen LogP contribution >= 0.6 is 0 Å². The number of rotatable bonds is 3. The molecule has 0 radical (unpaired) electrons. The summed E-state index contributed by atoms with van der Waals surface area (Å²) in [5, 5.41) is 7.56. The lowest BCUT2D eigenvalue weighted by molar-refractivity contribution is 0.509. The maximum Gasteiger partial charge on any atom is 0.168 e. The minimum atomic E-state index is -0.975. The minimum absolute atomic E-state index is 0.245. The molecule has 1 N–H and O–H groups in total. The van der Waals surface area contributed by atoms with Crippen molar-refractivity contribution < 1.29 is 13.2 Å². The van der Waals surface area contributed by atoms with Crippen LogP contribution in [0.15, 0.2) is 55.0 Å². The zero-order chi connectivity index (χ0) is 17.4. The molecule has 0 fully saturated rings. The lowest BCUT2D eigenvalue weighted by Gasteiger charge is -2.07. The van der Waals surface area contributed by atoms with Gasteiger partial charge in [0.25, 0.3) is 0 Å². The first-order chi connectivity index (χ1) is 12.1. The summed E-state index contributed by atoms with van der Waals surface area (Å²) < 4.78 is 41.8. The van der Waals surface area contributed by atoms with Crippen molar-refractivity contribution in [2.75, 3.05) is 5.32 Å². The Labute approximate surface area is 139 Å². The van der Waals surface area contributed by atoms with E-state index in [0.717, 1.165) is 12.1 Å². The quantitative estimate of drug-likeness (QED) is 0.612. The molecule has 0 saturated carbocycles. The third kappa shape index (κ3) is 2.67. The molecule has 2 aromatic heterocycles. The van der Waals surface area contributed by atoms with Gasteiger partial charge in [-0.1, -0.05) is 12.1 Å². The Bertz CT molecular complexity index is 1080. The summed E-state index contributed by atoms with van der Waals surface area (Å²) in [6.07, 6.45) is 2.76. The molecule has 4 rings (SSSR count). The van der Waals surface area contributed by atoms with E-state index in [9.17, 15) is 13.2 Å². The predicted octanol–water partition coefficient (Wildman–Crippen LogP) is 3.98. The van der Waals surface area contributed by atoms with Crippen LogP contribution in [0.4, 0.5) is 24.7 Å². The summed E-state index contributed by atoms with van der Waals surface area (Å²) in [6.45, 7) is 0. The van der Waals surface area contributed by atoms with Crippen LogP contribution in [-0.4, -0.2) is 19.7 Å². The van der Waals surface area contributed by atoms with Crippen molar-refractivity contribution in [3.8, 4) is 5.69 Å². The second kappa shape index (κ2) is 5.90. The van der Waals surface area contributed by atoms with Gasteiger partial charge in [0.15, 0.2) is 17.3 Å². The molecular formula is C17H10F3N5. The first-order valence-electron chi connectivity index (χ1n) is 7.29. The monoisotopic (exact) mass is 341 g/mol. The highest BCUT2D eigenvalue weighted by Gasteiger charge is 2.14. The van der Waals surface area contributed by atoms with E-state index in [1.54, 1.807) is 18.2 Å². The molecule has 0 unspecified atom stereocenters. The van der Waals surface area contributed by atoms with Crippen LogP contribution in [0.5, 0.6) is 0 Å². The summed E-state index contributed by atoms with van der Waals surface area (Å²) in [5.41, 5.74) is 0.942. The topological polar surface area (TPSA) is 55.6 Å². The third-order valence-corrected chi connectivity index (χ3v) is 3.63. The molecule has 0 spiro atoms. The van der Waals surface area contributed by atoms with Gasteiger partial charge in [0.05, 0.1) is 11.6 Å². The smallest absolute Gasteiger partial charge is 0.168 e. The third-order valence-electron chi connectivity index (χ3n) is 3.63. The van der Waals surface area contributed by atoms with Crippen molar-refractivity contribution in [3.63, 3.8) is 0 Å². The van der Waals surface area contributed by atoms with Gasteiger partial charge in [-0.3, -0.25) is 0 Å². The zero-order valence-corrected chi connectivity index (χ0v) is 12.6. The van der Waals surface area contributed by atoms with E-state index in [1.807, 2.05) is 0 Å². The summed E-state index contributed by atoms with van der Waals surface area (Å²) in [6, 6.07) is 9.58. The largest absolute Gasteiger partial charge is 0.339 e. The average molecular weight is 341 g/mol. The van der Waals surface area contributed by atoms with Gasteiger partial charge < -0.3 is 5.32 Å². The molecule has 5 nitrogen and oxygen atoms in total. The second-order valence-corrected chi connectivity index (χ2v) is 5.22. The Morgan fingerprint density at radius 3 is 2.52 bits per heavy atom. The summed E-state index contributed by atoms with van der Waals surface area (Å²) in [5.74, 6) is -2.01. The number of fused-ring (bicyclic) bond motifs is 1. The van der Waals surface area contributed by atoms with Gasteiger partial charge in [0, 0.05) is 11.8 Å². The Morgan fingerprint density at radius 1 is 0.880 bits per heavy atom. The maximum atomic E-state index is 14.0. The molecule has 8 heteroatoms. The maximum absolute atomic E-state index is 14.0. The van der Waals surface area contributed by atoms with E-state index in [1.165, 1.54) is 29.3 Å². The standard InChI is InChI=1S/C17H10F3N5/c18-12-6-5-10(7-14(12)20)24-16-11-8-23-25(17(11)22-9-21-16)15-4-2-1-3-13(15)19/h1-9H,(H,21,22,24). The molecule has 4 aromatic rings. The lowest BCUT2D eigenvalue weighted by Crippen LogP contribution is -2.01. The minimum Gasteiger partial charge on any atom is -0.339 e. The number of nitrogens with one attached hydrogen (secondary N) is 1. The molecular weight excluding hydrogens is 331 g/mol. The number of aromatic nitrogens is 4. The Kier molecular flexibility index (Phi) is 3.57. The number of hydrogen-bond donors (Lipinski definition) is 1. The molecule has 0 aliphatic rings. The first-order valence-corrected chi connectivity index (χ1v) is 7.29. The van der Waals surface area contributed by atoms with Crippen LogP contribution in [0.2, 0.25) is 0 Å². The molecule has 0 saturated heterocycles. The molecule has 0 atom stereocenters. The highest BCUT2D eigenvalue weighted by molar-refractivity contribution is 5.89. The van der Waals surface area contributed by atoms with Crippen molar-refractivity contribution >= 4 is 22.5 Å². The van der Waals surface area contributed by atoms with Crippen LogP contribution in [0, 0.1) is 17.5 Å². The van der Waals surface area contributed by atoms with Crippen molar-refractivity contribution in [1.82, 2.24) is 19.7 Å². The highest BCUT2D eigenvalue weighted by atomic mass is 19.2. The van der Waals surface area contributed by atoms with E-state index in [4.69, 9.17) is 0 Å². The number of anilines is 2. The van der Waals surface area contributed by atoms with Crippen molar-refractivity contribution in [2.45, 2.75) is 0 Å². The summed E-state index contributed by atoms with van der Waals surface area (Å²) >= 11 is 0. The SMILES string of the molecule is Fc1ccc(Nc2ncnc3c2cnn3-c2ccccc2F)cc1F. The number of hydrogen-bond acceptors (Lipinski definition) is 4. The second-order valence-electron chi connectivity index (χ2n) is 5.22. The van der Waals surface area contributed by atoms with Crippen molar-refractivity contribution in [3.05, 3.63) is 72.4 Å². The molecule has 2 aromatic carbocycles. The van der Waals surface area contributed by atoms with E-state index in [-0.39, 0.29) is 5.69 Å². The molecule has 2 heterocycles. The van der Waals surface area contributed by atoms with E-state index < -0.39 is 17.5 Å².